The first kappa shape index (κ1) is 9.19. The SMILES string of the molecule is Cn1nc(C2CCC2)n(CC2CC2)c1=O. The first-order valence-electron chi connectivity index (χ1n) is 5.89. The summed E-state index contributed by atoms with van der Waals surface area (Å²) < 4.78 is 3.41. The highest BCUT2D eigenvalue weighted by Crippen LogP contribution is 2.36. The molecule has 0 saturated heterocycles. The molecular weight excluding hydrogens is 190 g/mol. The Morgan fingerprint density at radius 3 is 2.60 bits per heavy atom. The number of hydrogen-bond donors (Lipinski definition) is 0. The Hall–Kier alpha value is -1.06. The first-order chi connectivity index (χ1) is 7.25. The zero-order valence-corrected chi connectivity index (χ0v) is 9.15. The average Bonchev–Trinajstić information content (AvgIpc) is 2.88. The molecule has 2 aliphatic rings. The lowest BCUT2D eigenvalue weighted by atomic mass is 9.85. The fourth-order valence-corrected chi connectivity index (χ4v) is 2.22. The first-order valence-corrected chi connectivity index (χ1v) is 5.89. The molecule has 1 aromatic rings. The number of nitrogens with zero attached hydrogens (tertiary/aromatic N) is 3. The van der Waals surface area contributed by atoms with E-state index in [1.165, 1.54) is 36.8 Å². The van der Waals surface area contributed by atoms with Crippen LogP contribution in [0.15, 0.2) is 4.79 Å². The summed E-state index contributed by atoms with van der Waals surface area (Å²) in [6, 6.07) is 0. The van der Waals surface area contributed by atoms with Gasteiger partial charge in [0.05, 0.1) is 0 Å². The summed E-state index contributed by atoms with van der Waals surface area (Å²) in [6.45, 7) is 0.901. The zero-order valence-electron chi connectivity index (χ0n) is 9.15. The monoisotopic (exact) mass is 207 g/mol. The van der Waals surface area contributed by atoms with Gasteiger partial charge in [-0.05, 0) is 31.6 Å². The summed E-state index contributed by atoms with van der Waals surface area (Å²) in [7, 11) is 1.76. The number of aromatic nitrogens is 3. The molecule has 0 spiro atoms. The van der Waals surface area contributed by atoms with Crippen LogP contribution in [-0.4, -0.2) is 14.3 Å². The molecule has 1 aromatic heterocycles. The second-order valence-electron chi connectivity index (χ2n) is 4.95. The van der Waals surface area contributed by atoms with Gasteiger partial charge in [-0.25, -0.2) is 9.48 Å². The van der Waals surface area contributed by atoms with Crippen molar-refractivity contribution >= 4 is 0 Å². The van der Waals surface area contributed by atoms with Crippen molar-refractivity contribution in [1.82, 2.24) is 14.3 Å². The third-order valence-corrected chi connectivity index (χ3v) is 3.64. The van der Waals surface area contributed by atoms with Crippen LogP contribution in [0.5, 0.6) is 0 Å². The van der Waals surface area contributed by atoms with Gasteiger partial charge >= 0.3 is 5.69 Å². The molecule has 0 amide bonds. The molecule has 0 N–H and O–H groups in total. The summed E-state index contributed by atoms with van der Waals surface area (Å²) >= 11 is 0. The molecule has 0 atom stereocenters. The minimum atomic E-state index is 0.0730. The molecule has 4 heteroatoms. The van der Waals surface area contributed by atoms with Crippen LogP contribution in [0.25, 0.3) is 0 Å². The molecule has 2 saturated carbocycles. The highest BCUT2D eigenvalue weighted by molar-refractivity contribution is 5.02. The smallest absolute Gasteiger partial charge is 0.278 e. The summed E-state index contributed by atoms with van der Waals surface area (Å²) in [5, 5.41) is 4.38. The molecule has 2 fully saturated rings. The Labute approximate surface area is 88.9 Å². The predicted molar refractivity (Wildman–Crippen MR) is 56.8 cm³/mol. The van der Waals surface area contributed by atoms with Crippen LogP contribution >= 0.6 is 0 Å². The highest BCUT2D eigenvalue weighted by atomic mass is 16.2. The van der Waals surface area contributed by atoms with Gasteiger partial charge in [0.2, 0.25) is 0 Å². The Morgan fingerprint density at radius 1 is 1.33 bits per heavy atom. The van der Waals surface area contributed by atoms with Gasteiger partial charge in [-0.1, -0.05) is 6.42 Å². The summed E-state index contributed by atoms with van der Waals surface area (Å²) in [6.07, 6.45) is 6.28. The van der Waals surface area contributed by atoms with Crippen LogP contribution in [0.2, 0.25) is 0 Å². The normalized spacial score (nSPS) is 21.7. The largest absolute Gasteiger partial charge is 0.345 e. The molecule has 0 unspecified atom stereocenters. The molecule has 1 heterocycles. The van der Waals surface area contributed by atoms with Gasteiger partial charge in [0.1, 0.15) is 5.82 Å². The van der Waals surface area contributed by atoms with E-state index in [9.17, 15) is 4.79 Å². The zero-order chi connectivity index (χ0) is 10.4. The van der Waals surface area contributed by atoms with Crippen molar-refractivity contribution in [3.63, 3.8) is 0 Å². The van der Waals surface area contributed by atoms with Crippen molar-refractivity contribution in [2.24, 2.45) is 13.0 Å². The lowest BCUT2D eigenvalue weighted by molar-refractivity contribution is 0.380. The average molecular weight is 207 g/mol. The van der Waals surface area contributed by atoms with Gasteiger partial charge in [-0.2, -0.15) is 5.10 Å². The van der Waals surface area contributed by atoms with Crippen molar-refractivity contribution in [2.45, 2.75) is 44.6 Å². The molecular formula is C11H17N3O. The van der Waals surface area contributed by atoms with Gasteiger partial charge in [0, 0.05) is 19.5 Å². The molecule has 4 nitrogen and oxygen atoms in total. The quantitative estimate of drug-likeness (QED) is 0.748. The molecule has 0 bridgehead atoms. The van der Waals surface area contributed by atoms with Gasteiger partial charge < -0.3 is 0 Å². The lowest BCUT2D eigenvalue weighted by Crippen LogP contribution is -2.26. The van der Waals surface area contributed by atoms with Crippen LogP contribution in [0.4, 0.5) is 0 Å². The van der Waals surface area contributed by atoms with Crippen LogP contribution in [-0.2, 0) is 13.6 Å². The van der Waals surface area contributed by atoms with E-state index >= 15 is 0 Å². The van der Waals surface area contributed by atoms with Crippen molar-refractivity contribution in [2.75, 3.05) is 0 Å². The molecule has 0 radical (unpaired) electrons. The van der Waals surface area contributed by atoms with E-state index in [1.54, 1.807) is 7.05 Å². The Morgan fingerprint density at radius 2 is 2.07 bits per heavy atom. The number of aryl methyl sites for hydroxylation is 1. The molecule has 15 heavy (non-hydrogen) atoms. The third-order valence-electron chi connectivity index (χ3n) is 3.64. The lowest BCUT2D eigenvalue weighted by Gasteiger charge is -2.24. The van der Waals surface area contributed by atoms with E-state index in [0.29, 0.717) is 5.92 Å². The van der Waals surface area contributed by atoms with E-state index in [1.807, 2.05) is 4.57 Å². The van der Waals surface area contributed by atoms with Crippen molar-refractivity contribution in [3.05, 3.63) is 16.3 Å². The minimum absolute atomic E-state index is 0.0730. The fraction of sp³-hybridized carbons (Fsp3) is 0.818. The van der Waals surface area contributed by atoms with E-state index in [4.69, 9.17) is 0 Å². The van der Waals surface area contributed by atoms with Crippen molar-refractivity contribution < 1.29 is 0 Å². The Bertz CT molecular complexity index is 424. The second kappa shape index (κ2) is 3.22. The van der Waals surface area contributed by atoms with Crippen LogP contribution < -0.4 is 5.69 Å². The summed E-state index contributed by atoms with van der Waals surface area (Å²) in [5.74, 6) is 2.34. The van der Waals surface area contributed by atoms with Gasteiger partial charge in [0.25, 0.3) is 0 Å². The topological polar surface area (TPSA) is 39.8 Å². The number of rotatable bonds is 3. The number of hydrogen-bond acceptors (Lipinski definition) is 2. The molecule has 3 rings (SSSR count). The Balaban J connectivity index is 1.95. The van der Waals surface area contributed by atoms with Crippen molar-refractivity contribution in [3.8, 4) is 0 Å². The van der Waals surface area contributed by atoms with E-state index in [2.05, 4.69) is 5.10 Å². The maximum absolute atomic E-state index is 11.9. The van der Waals surface area contributed by atoms with Gasteiger partial charge in [-0.15, -0.1) is 0 Å². The second-order valence-corrected chi connectivity index (χ2v) is 4.95. The summed E-state index contributed by atoms with van der Waals surface area (Å²) in [5.41, 5.74) is 0.0730. The van der Waals surface area contributed by atoms with Crippen LogP contribution in [0.3, 0.4) is 0 Å². The van der Waals surface area contributed by atoms with Crippen molar-refractivity contribution in [1.29, 1.82) is 0 Å². The predicted octanol–water partition coefficient (Wildman–Crippen LogP) is 1.26. The molecule has 2 aliphatic carbocycles. The van der Waals surface area contributed by atoms with Crippen LogP contribution in [0, 0.1) is 5.92 Å². The maximum atomic E-state index is 11.9. The fourth-order valence-electron chi connectivity index (χ4n) is 2.22. The molecule has 82 valence electrons. The van der Waals surface area contributed by atoms with Gasteiger partial charge in [-0.3, -0.25) is 4.57 Å². The van der Waals surface area contributed by atoms with E-state index < -0.39 is 0 Å². The van der Waals surface area contributed by atoms with Crippen LogP contribution in [0.1, 0.15) is 43.8 Å². The van der Waals surface area contributed by atoms with E-state index in [0.717, 1.165) is 18.3 Å². The minimum Gasteiger partial charge on any atom is -0.278 e. The standard InChI is InChI=1S/C11H17N3O/c1-13-11(15)14(7-8-5-6-8)10(12-13)9-3-2-4-9/h8-9H,2-7H2,1H3. The maximum Gasteiger partial charge on any atom is 0.345 e. The molecule has 0 aliphatic heterocycles. The Kier molecular flexibility index (Phi) is 1.97. The highest BCUT2D eigenvalue weighted by Gasteiger charge is 2.30. The third kappa shape index (κ3) is 1.52. The molecule has 0 aromatic carbocycles. The summed E-state index contributed by atoms with van der Waals surface area (Å²) in [4.78, 5) is 11.9. The van der Waals surface area contributed by atoms with E-state index in [-0.39, 0.29) is 5.69 Å². The van der Waals surface area contributed by atoms with Gasteiger partial charge in [0.15, 0.2) is 0 Å².